The highest BCUT2D eigenvalue weighted by molar-refractivity contribution is 7.13. The molecule has 0 fully saturated rings. The average molecular weight is 408 g/mol. The number of fused-ring (bicyclic) bond motifs is 1. The number of hydrogen-bond donors (Lipinski definition) is 2. The molecule has 0 aliphatic heterocycles. The Labute approximate surface area is 173 Å². The summed E-state index contributed by atoms with van der Waals surface area (Å²) in [6.07, 6.45) is 0.961. The van der Waals surface area contributed by atoms with Gasteiger partial charge in [-0.1, -0.05) is 49.4 Å². The van der Waals surface area contributed by atoms with Gasteiger partial charge >= 0.3 is 0 Å². The summed E-state index contributed by atoms with van der Waals surface area (Å²) in [6, 6.07) is 17.9. The van der Waals surface area contributed by atoms with E-state index in [1.165, 1.54) is 0 Å². The van der Waals surface area contributed by atoms with Gasteiger partial charge in [-0.15, -0.1) is 21.5 Å². The van der Waals surface area contributed by atoms with Crippen LogP contribution in [0.2, 0.25) is 0 Å². The number of carbonyl (C=O) groups excluding carboxylic acids is 1. The molecule has 0 radical (unpaired) electrons. The molecule has 4 rings (SSSR count). The van der Waals surface area contributed by atoms with Crippen LogP contribution in [0, 0.1) is 0 Å². The summed E-state index contributed by atoms with van der Waals surface area (Å²) < 4.78 is 5.80. The van der Waals surface area contributed by atoms with Crippen molar-refractivity contribution in [1.82, 2.24) is 10.2 Å². The first-order chi connectivity index (χ1) is 14.2. The number of thiophene rings is 1. The van der Waals surface area contributed by atoms with E-state index in [-0.39, 0.29) is 5.91 Å². The summed E-state index contributed by atoms with van der Waals surface area (Å²) in [5, 5.41) is 15.5. The fourth-order valence-electron chi connectivity index (χ4n) is 3.39. The summed E-state index contributed by atoms with van der Waals surface area (Å²) in [5.41, 5.74) is 0.835. The standard InChI is InChI=1S/C22H22N4O2S/c1-2-12-26(15-21-24-25-22(28-21)19-11-6-13-29-19)14-20(27)23-18-10-5-8-16-7-3-4-9-17(16)18/h3-11,13H,2,12,14-15H2,1H3,(H,23,27)/p+1. The first kappa shape index (κ1) is 19.3. The normalized spacial score (nSPS) is 12.2. The lowest BCUT2D eigenvalue weighted by atomic mass is 10.1. The number of nitrogens with zero attached hydrogens (tertiary/aromatic N) is 2. The van der Waals surface area contributed by atoms with Gasteiger partial charge in [0.1, 0.15) is 0 Å². The molecule has 0 saturated carbocycles. The summed E-state index contributed by atoms with van der Waals surface area (Å²) in [6.45, 7) is 3.82. The van der Waals surface area contributed by atoms with Gasteiger partial charge in [-0.05, 0) is 29.3 Å². The van der Waals surface area contributed by atoms with Crippen molar-refractivity contribution in [3.8, 4) is 10.8 Å². The van der Waals surface area contributed by atoms with Crippen LogP contribution in [0.25, 0.3) is 21.5 Å². The maximum absolute atomic E-state index is 12.7. The topological polar surface area (TPSA) is 72.5 Å². The van der Waals surface area contributed by atoms with Crippen LogP contribution in [-0.2, 0) is 11.3 Å². The third-order valence-corrected chi connectivity index (χ3v) is 5.54. The number of hydrogen-bond acceptors (Lipinski definition) is 5. The van der Waals surface area contributed by atoms with Crippen LogP contribution >= 0.6 is 11.3 Å². The molecule has 7 heteroatoms. The molecule has 29 heavy (non-hydrogen) atoms. The molecule has 6 nitrogen and oxygen atoms in total. The number of anilines is 1. The molecule has 4 aromatic rings. The predicted molar refractivity (Wildman–Crippen MR) is 115 cm³/mol. The number of quaternary nitrogens is 1. The Balaban J connectivity index is 1.43. The Morgan fingerprint density at radius 2 is 1.97 bits per heavy atom. The molecule has 0 saturated heterocycles. The van der Waals surface area contributed by atoms with E-state index < -0.39 is 0 Å². The molecule has 0 spiro atoms. The summed E-state index contributed by atoms with van der Waals surface area (Å²) in [5.74, 6) is 1.06. The molecule has 1 atom stereocenters. The van der Waals surface area contributed by atoms with Gasteiger partial charge in [0.15, 0.2) is 13.1 Å². The van der Waals surface area contributed by atoms with Gasteiger partial charge in [-0.3, -0.25) is 4.79 Å². The largest absolute Gasteiger partial charge is 0.414 e. The van der Waals surface area contributed by atoms with E-state index in [1.54, 1.807) is 11.3 Å². The Kier molecular flexibility index (Phi) is 5.97. The minimum Gasteiger partial charge on any atom is -0.414 e. The smallest absolute Gasteiger partial charge is 0.279 e. The third-order valence-electron chi connectivity index (χ3n) is 4.68. The van der Waals surface area contributed by atoms with Crippen molar-refractivity contribution in [2.24, 2.45) is 0 Å². The molecule has 2 aromatic heterocycles. The second kappa shape index (κ2) is 8.98. The Morgan fingerprint density at radius 3 is 2.79 bits per heavy atom. The summed E-state index contributed by atoms with van der Waals surface area (Å²) in [4.78, 5) is 14.8. The van der Waals surface area contributed by atoms with Crippen LogP contribution in [0.1, 0.15) is 19.2 Å². The molecule has 2 heterocycles. The van der Waals surface area contributed by atoms with E-state index in [1.807, 2.05) is 60.0 Å². The highest BCUT2D eigenvalue weighted by atomic mass is 32.1. The van der Waals surface area contributed by atoms with Crippen LogP contribution in [0.5, 0.6) is 0 Å². The van der Waals surface area contributed by atoms with Gasteiger partial charge in [-0.2, -0.15) is 0 Å². The first-order valence-electron chi connectivity index (χ1n) is 9.70. The second-order valence-corrected chi connectivity index (χ2v) is 7.85. The zero-order valence-electron chi connectivity index (χ0n) is 16.2. The van der Waals surface area contributed by atoms with E-state index in [2.05, 4.69) is 22.4 Å². The monoisotopic (exact) mass is 407 g/mol. The van der Waals surface area contributed by atoms with Crippen molar-refractivity contribution in [1.29, 1.82) is 0 Å². The molecule has 0 bridgehead atoms. The van der Waals surface area contributed by atoms with Crippen molar-refractivity contribution < 1.29 is 14.1 Å². The zero-order valence-corrected chi connectivity index (χ0v) is 17.0. The SMILES string of the molecule is CCC[NH+](CC(=O)Nc1cccc2ccccc12)Cc1nnc(-c2cccs2)o1. The van der Waals surface area contributed by atoms with Gasteiger partial charge in [0.05, 0.1) is 11.4 Å². The molecule has 0 aliphatic rings. The average Bonchev–Trinajstić information content (AvgIpc) is 3.40. The Morgan fingerprint density at radius 1 is 1.10 bits per heavy atom. The zero-order chi connectivity index (χ0) is 20.1. The summed E-state index contributed by atoms with van der Waals surface area (Å²) in [7, 11) is 0. The van der Waals surface area contributed by atoms with Crippen LogP contribution in [0.15, 0.2) is 64.4 Å². The number of amides is 1. The highest BCUT2D eigenvalue weighted by Gasteiger charge is 2.19. The molecular formula is C22H23N4O2S+. The van der Waals surface area contributed by atoms with E-state index in [9.17, 15) is 4.79 Å². The van der Waals surface area contributed by atoms with E-state index in [0.29, 0.717) is 24.9 Å². The van der Waals surface area contributed by atoms with Gasteiger partial charge in [0, 0.05) is 11.1 Å². The first-order valence-corrected chi connectivity index (χ1v) is 10.6. The number of nitrogens with one attached hydrogen (secondary N) is 2. The van der Waals surface area contributed by atoms with Crippen LogP contribution in [-0.4, -0.2) is 29.2 Å². The highest BCUT2D eigenvalue weighted by Crippen LogP contribution is 2.23. The van der Waals surface area contributed by atoms with Crippen molar-refractivity contribution in [3.05, 3.63) is 65.9 Å². The summed E-state index contributed by atoms with van der Waals surface area (Å²) >= 11 is 1.56. The van der Waals surface area contributed by atoms with Crippen molar-refractivity contribution in [3.63, 3.8) is 0 Å². The van der Waals surface area contributed by atoms with Gasteiger partial charge < -0.3 is 14.6 Å². The molecule has 1 unspecified atom stereocenters. The fraction of sp³-hybridized carbons (Fsp3) is 0.227. The van der Waals surface area contributed by atoms with E-state index >= 15 is 0 Å². The van der Waals surface area contributed by atoms with Gasteiger partial charge in [-0.25, -0.2) is 0 Å². The van der Waals surface area contributed by atoms with E-state index in [0.717, 1.165) is 39.2 Å². The van der Waals surface area contributed by atoms with Crippen molar-refractivity contribution >= 4 is 33.7 Å². The maximum Gasteiger partial charge on any atom is 0.279 e. The Bertz CT molecular complexity index is 1090. The lowest BCUT2D eigenvalue weighted by Crippen LogP contribution is -3.11. The number of carbonyl (C=O) groups is 1. The second-order valence-electron chi connectivity index (χ2n) is 6.91. The predicted octanol–water partition coefficient (Wildman–Crippen LogP) is 3.38. The van der Waals surface area contributed by atoms with Gasteiger partial charge in [0.2, 0.25) is 0 Å². The number of rotatable bonds is 8. The lowest BCUT2D eigenvalue weighted by Gasteiger charge is -2.17. The number of benzene rings is 2. The molecule has 2 aromatic carbocycles. The van der Waals surface area contributed by atoms with Crippen molar-refractivity contribution in [2.45, 2.75) is 19.9 Å². The number of aromatic nitrogens is 2. The minimum atomic E-state index is -0.0252. The quantitative estimate of drug-likeness (QED) is 0.470. The van der Waals surface area contributed by atoms with E-state index in [4.69, 9.17) is 4.42 Å². The molecule has 0 aliphatic carbocycles. The maximum atomic E-state index is 12.7. The van der Waals surface area contributed by atoms with Crippen LogP contribution < -0.4 is 10.2 Å². The van der Waals surface area contributed by atoms with Crippen LogP contribution in [0.3, 0.4) is 0 Å². The van der Waals surface area contributed by atoms with Crippen LogP contribution in [0.4, 0.5) is 5.69 Å². The fourth-order valence-corrected chi connectivity index (χ4v) is 4.03. The van der Waals surface area contributed by atoms with Gasteiger partial charge in [0.25, 0.3) is 17.7 Å². The lowest BCUT2D eigenvalue weighted by molar-refractivity contribution is -0.907. The molecule has 148 valence electrons. The molecular weight excluding hydrogens is 384 g/mol. The minimum absolute atomic E-state index is 0.0252. The molecule has 2 N–H and O–H groups in total. The molecule has 1 amide bonds. The Hall–Kier alpha value is -3.03. The third kappa shape index (κ3) is 4.70. The van der Waals surface area contributed by atoms with Crippen molar-refractivity contribution in [2.75, 3.05) is 18.4 Å².